The summed E-state index contributed by atoms with van der Waals surface area (Å²) in [5.41, 5.74) is -0.0141. The molecule has 6 heteroatoms. The van der Waals surface area contributed by atoms with E-state index >= 15 is 0 Å². The molecule has 0 saturated carbocycles. The van der Waals surface area contributed by atoms with E-state index in [1.165, 1.54) is 0 Å². The monoisotopic (exact) mass is 362 g/mol. The number of pyridine rings is 1. The van der Waals surface area contributed by atoms with Crippen LogP contribution in [0.5, 0.6) is 5.75 Å². The molecule has 0 amide bonds. The van der Waals surface area contributed by atoms with Gasteiger partial charge in [-0.15, -0.1) is 0 Å². The van der Waals surface area contributed by atoms with Crippen LogP contribution in [0.3, 0.4) is 0 Å². The van der Waals surface area contributed by atoms with Crippen LogP contribution in [0.15, 0.2) is 48.8 Å². The number of rotatable bonds is 6. The second-order valence-corrected chi connectivity index (χ2v) is 6.82. The largest absolute Gasteiger partial charge is 0.493 e. The van der Waals surface area contributed by atoms with Crippen molar-refractivity contribution in [1.82, 2.24) is 9.88 Å². The van der Waals surface area contributed by atoms with E-state index in [1.807, 2.05) is 29.2 Å². The molecule has 25 heavy (non-hydrogen) atoms. The molecule has 5 nitrogen and oxygen atoms in total. The minimum atomic E-state index is -0.857. The predicted octanol–water partition coefficient (Wildman–Crippen LogP) is 2.81. The zero-order valence-electron chi connectivity index (χ0n) is 14.0. The summed E-state index contributed by atoms with van der Waals surface area (Å²) in [5, 5.41) is 21.8. The summed E-state index contributed by atoms with van der Waals surface area (Å²) in [6, 6.07) is 10.9. The minimum absolute atomic E-state index is 0.423. The highest BCUT2D eigenvalue weighted by atomic mass is 35.5. The zero-order chi connectivity index (χ0) is 17.7. The Hall–Kier alpha value is -1.66. The number of ether oxygens (including phenoxy) is 1. The lowest BCUT2D eigenvalue weighted by Crippen LogP contribution is -2.47. The van der Waals surface area contributed by atoms with E-state index in [9.17, 15) is 10.2 Å². The van der Waals surface area contributed by atoms with Crippen molar-refractivity contribution in [3.63, 3.8) is 0 Å². The average molecular weight is 363 g/mol. The molecule has 134 valence electrons. The average Bonchev–Trinajstić information content (AvgIpc) is 2.64. The number of hydrogen-bond acceptors (Lipinski definition) is 5. The quantitative estimate of drug-likeness (QED) is 0.827. The molecule has 0 bridgehead atoms. The van der Waals surface area contributed by atoms with Gasteiger partial charge in [0.2, 0.25) is 0 Å². The molecule has 2 N–H and O–H groups in total. The topological polar surface area (TPSA) is 65.8 Å². The summed E-state index contributed by atoms with van der Waals surface area (Å²) >= 11 is 5.84. The summed E-state index contributed by atoms with van der Waals surface area (Å²) < 4.78 is 5.63. The van der Waals surface area contributed by atoms with Crippen LogP contribution in [0, 0.1) is 0 Å². The van der Waals surface area contributed by atoms with Crippen molar-refractivity contribution in [2.24, 2.45) is 0 Å². The van der Waals surface area contributed by atoms with E-state index in [0.717, 1.165) is 11.3 Å². The Balaban J connectivity index is 1.45. The molecule has 0 radical (unpaired) electrons. The Morgan fingerprint density at radius 1 is 1.20 bits per heavy atom. The van der Waals surface area contributed by atoms with Gasteiger partial charge in [0, 0.05) is 42.5 Å². The number of piperidine rings is 1. The first kappa shape index (κ1) is 18.1. The van der Waals surface area contributed by atoms with E-state index in [-0.39, 0.29) is 0 Å². The fourth-order valence-electron chi connectivity index (χ4n) is 3.11. The maximum atomic E-state index is 10.8. The van der Waals surface area contributed by atoms with E-state index in [2.05, 4.69) is 4.98 Å². The predicted molar refractivity (Wildman–Crippen MR) is 96.5 cm³/mol. The molecule has 1 fully saturated rings. The first-order chi connectivity index (χ1) is 12.1. The normalized spacial score (nSPS) is 18.7. The second kappa shape index (κ2) is 8.15. The lowest BCUT2D eigenvalue weighted by atomic mass is 9.85. The first-order valence-electron chi connectivity index (χ1n) is 8.50. The lowest BCUT2D eigenvalue weighted by molar-refractivity contribution is -0.0820. The van der Waals surface area contributed by atoms with Crippen LogP contribution in [0.1, 0.15) is 24.8 Å². The molecule has 1 aromatic carbocycles. The summed E-state index contributed by atoms with van der Waals surface area (Å²) in [5.74, 6) is 0.737. The van der Waals surface area contributed by atoms with Gasteiger partial charge in [0.1, 0.15) is 12.0 Å². The van der Waals surface area contributed by atoms with E-state index in [1.54, 1.807) is 24.5 Å². The smallest absolute Gasteiger partial charge is 0.119 e. The number of halogens is 1. The van der Waals surface area contributed by atoms with Crippen molar-refractivity contribution in [2.45, 2.75) is 31.1 Å². The number of nitrogens with zero attached hydrogens (tertiary/aromatic N) is 2. The number of aliphatic hydroxyl groups is 2. The fourth-order valence-corrected chi connectivity index (χ4v) is 3.24. The minimum Gasteiger partial charge on any atom is -0.493 e. The highest BCUT2D eigenvalue weighted by Gasteiger charge is 2.35. The maximum absolute atomic E-state index is 10.8. The molecule has 1 aliphatic heterocycles. The van der Waals surface area contributed by atoms with Gasteiger partial charge in [0.25, 0.3) is 0 Å². The van der Waals surface area contributed by atoms with Crippen molar-refractivity contribution < 1.29 is 14.9 Å². The van der Waals surface area contributed by atoms with Gasteiger partial charge < -0.3 is 14.9 Å². The van der Waals surface area contributed by atoms with Crippen molar-refractivity contribution in [3.8, 4) is 5.75 Å². The van der Waals surface area contributed by atoms with Crippen LogP contribution in [0.2, 0.25) is 5.02 Å². The third-order valence-electron chi connectivity index (χ3n) is 4.70. The Kier molecular flexibility index (Phi) is 5.91. The van der Waals surface area contributed by atoms with Crippen molar-refractivity contribution in [3.05, 3.63) is 59.4 Å². The molecule has 2 heterocycles. The molecule has 1 aliphatic rings. The fraction of sp³-hybridized carbons (Fsp3) is 0.421. The standard InChI is InChI=1S/C19H23ClN2O3/c20-16-3-5-17(6-4-16)25-13-7-18(23)22-11-8-19(24,9-12-22)15-2-1-10-21-14-15/h1-6,10,14,18,23-24H,7-9,11-13H2. The molecular formula is C19H23ClN2O3. The van der Waals surface area contributed by atoms with Gasteiger partial charge >= 0.3 is 0 Å². The number of likely N-dealkylation sites (tertiary alicyclic amines) is 1. The Labute approximate surface area is 152 Å². The van der Waals surface area contributed by atoms with Crippen LogP contribution >= 0.6 is 11.6 Å². The van der Waals surface area contributed by atoms with Crippen molar-refractivity contribution in [2.75, 3.05) is 19.7 Å². The van der Waals surface area contributed by atoms with Crippen LogP contribution in [-0.2, 0) is 5.60 Å². The molecule has 2 aromatic rings. The van der Waals surface area contributed by atoms with Gasteiger partial charge in [-0.05, 0) is 43.2 Å². The van der Waals surface area contributed by atoms with Crippen molar-refractivity contribution >= 4 is 11.6 Å². The zero-order valence-corrected chi connectivity index (χ0v) is 14.8. The third kappa shape index (κ3) is 4.70. The summed E-state index contributed by atoms with van der Waals surface area (Å²) in [4.78, 5) is 6.07. The van der Waals surface area contributed by atoms with Gasteiger partial charge in [-0.25, -0.2) is 0 Å². The Morgan fingerprint density at radius 3 is 2.56 bits per heavy atom. The highest BCUT2D eigenvalue weighted by Crippen LogP contribution is 2.32. The molecule has 1 atom stereocenters. The van der Waals surface area contributed by atoms with E-state index < -0.39 is 11.8 Å². The number of hydrogen-bond donors (Lipinski definition) is 2. The Bertz CT molecular complexity index is 658. The first-order valence-corrected chi connectivity index (χ1v) is 8.88. The van der Waals surface area contributed by atoms with Gasteiger partial charge in [0.05, 0.1) is 12.2 Å². The molecule has 1 unspecified atom stereocenters. The molecule has 3 rings (SSSR count). The van der Waals surface area contributed by atoms with Gasteiger partial charge in [-0.3, -0.25) is 9.88 Å². The molecule has 1 saturated heterocycles. The number of benzene rings is 1. The lowest BCUT2D eigenvalue weighted by Gasteiger charge is -2.40. The van der Waals surface area contributed by atoms with Crippen LogP contribution in [-0.4, -0.2) is 46.0 Å². The number of aliphatic hydroxyl groups excluding tert-OH is 1. The van der Waals surface area contributed by atoms with Gasteiger partial charge in [-0.1, -0.05) is 17.7 Å². The molecule has 1 aromatic heterocycles. The molecular weight excluding hydrogens is 340 g/mol. The van der Waals surface area contributed by atoms with Gasteiger partial charge in [0.15, 0.2) is 0 Å². The summed E-state index contributed by atoms with van der Waals surface area (Å²) in [6.07, 6.45) is 4.50. The van der Waals surface area contributed by atoms with Crippen LogP contribution in [0.4, 0.5) is 0 Å². The van der Waals surface area contributed by atoms with Crippen LogP contribution in [0.25, 0.3) is 0 Å². The highest BCUT2D eigenvalue weighted by molar-refractivity contribution is 6.30. The summed E-state index contributed by atoms with van der Waals surface area (Å²) in [7, 11) is 0. The third-order valence-corrected chi connectivity index (χ3v) is 4.96. The van der Waals surface area contributed by atoms with E-state index in [4.69, 9.17) is 16.3 Å². The van der Waals surface area contributed by atoms with Crippen molar-refractivity contribution in [1.29, 1.82) is 0 Å². The molecule has 0 spiro atoms. The Morgan fingerprint density at radius 2 is 1.92 bits per heavy atom. The maximum Gasteiger partial charge on any atom is 0.119 e. The molecule has 0 aliphatic carbocycles. The summed E-state index contributed by atoms with van der Waals surface area (Å²) in [6.45, 7) is 1.69. The second-order valence-electron chi connectivity index (χ2n) is 6.38. The van der Waals surface area contributed by atoms with Gasteiger partial charge in [-0.2, -0.15) is 0 Å². The SMILES string of the molecule is OC(CCOc1ccc(Cl)cc1)N1CCC(O)(c2cccnc2)CC1. The van der Waals surface area contributed by atoms with E-state index in [0.29, 0.717) is 44.0 Å². The number of aromatic nitrogens is 1. The van der Waals surface area contributed by atoms with Crippen LogP contribution < -0.4 is 4.74 Å².